The van der Waals surface area contributed by atoms with Crippen LogP contribution in [-0.2, 0) is 0 Å². The molecule has 1 unspecified atom stereocenters. The van der Waals surface area contributed by atoms with Crippen LogP contribution in [0.2, 0.25) is 0 Å². The van der Waals surface area contributed by atoms with Crippen molar-refractivity contribution in [3.63, 3.8) is 0 Å². The van der Waals surface area contributed by atoms with Crippen LogP contribution in [0.15, 0.2) is 30.3 Å². The molecule has 3 rings (SSSR count). The van der Waals surface area contributed by atoms with Gasteiger partial charge in [-0.1, -0.05) is 23.8 Å². The molecule has 1 N–H and O–H groups in total. The van der Waals surface area contributed by atoms with Crippen molar-refractivity contribution in [3.05, 3.63) is 56.8 Å². The lowest BCUT2D eigenvalue weighted by Crippen LogP contribution is -2.45. The molecule has 112 valence electrons. The monoisotopic (exact) mass is 300 g/mol. The zero-order chi connectivity index (χ0) is 14.8. The molecule has 1 aliphatic rings. The SMILES string of the molecule is Cc1ccc(C(c2ccc(C)s2)N2CCNCC2)c(C)c1. The van der Waals surface area contributed by atoms with Gasteiger partial charge in [0.2, 0.25) is 0 Å². The lowest BCUT2D eigenvalue weighted by atomic mass is 9.96. The van der Waals surface area contributed by atoms with Gasteiger partial charge in [-0.15, -0.1) is 11.3 Å². The van der Waals surface area contributed by atoms with Crippen molar-refractivity contribution in [2.45, 2.75) is 26.8 Å². The van der Waals surface area contributed by atoms with Gasteiger partial charge in [0.15, 0.2) is 0 Å². The van der Waals surface area contributed by atoms with Gasteiger partial charge >= 0.3 is 0 Å². The molecule has 1 aliphatic heterocycles. The Labute approximate surface area is 131 Å². The molecule has 1 atom stereocenters. The van der Waals surface area contributed by atoms with E-state index in [1.54, 1.807) is 0 Å². The highest BCUT2D eigenvalue weighted by Gasteiger charge is 2.26. The Kier molecular flexibility index (Phi) is 4.43. The number of thiophene rings is 1. The molecule has 1 saturated heterocycles. The Balaban J connectivity index is 2.02. The van der Waals surface area contributed by atoms with Gasteiger partial charge in [-0.25, -0.2) is 0 Å². The van der Waals surface area contributed by atoms with Crippen LogP contribution in [0.1, 0.15) is 32.5 Å². The number of hydrogen-bond acceptors (Lipinski definition) is 3. The van der Waals surface area contributed by atoms with Gasteiger partial charge in [-0.05, 0) is 44.0 Å². The number of rotatable bonds is 3. The number of benzene rings is 1. The van der Waals surface area contributed by atoms with Gasteiger partial charge in [0.1, 0.15) is 0 Å². The molecule has 0 saturated carbocycles. The van der Waals surface area contributed by atoms with E-state index in [-0.39, 0.29) is 0 Å². The Bertz CT molecular complexity index is 611. The standard InChI is InChI=1S/C18H24N2S/c1-13-4-6-16(14(2)12-13)18(17-7-5-15(3)21-17)20-10-8-19-9-11-20/h4-7,12,18-19H,8-11H2,1-3H3. The highest BCUT2D eigenvalue weighted by atomic mass is 32.1. The summed E-state index contributed by atoms with van der Waals surface area (Å²) in [6.07, 6.45) is 0. The van der Waals surface area contributed by atoms with E-state index in [2.05, 4.69) is 61.3 Å². The van der Waals surface area contributed by atoms with E-state index in [9.17, 15) is 0 Å². The van der Waals surface area contributed by atoms with Crippen molar-refractivity contribution in [1.29, 1.82) is 0 Å². The van der Waals surface area contributed by atoms with E-state index in [0.717, 1.165) is 26.2 Å². The predicted molar refractivity (Wildman–Crippen MR) is 91.3 cm³/mol. The van der Waals surface area contributed by atoms with Crippen molar-refractivity contribution in [3.8, 4) is 0 Å². The number of nitrogens with zero attached hydrogens (tertiary/aromatic N) is 1. The summed E-state index contributed by atoms with van der Waals surface area (Å²) in [7, 11) is 0. The van der Waals surface area contributed by atoms with Crippen LogP contribution < -0.4 is 5.32 Å². The maximum atomic E-state index is 3.46. The molecule has 2 nitrogen and oxygen atoms in total. The van der Waals surface area contributed by atoms with Crippen LogP contribution in [0, 0.1) is 20.8 Å². The minimum atomic E-state index is 0.409. The van der Waals surface area contributed by atoms with Gasteiger partial charge in [0, 0.05) is 35.9 Å². The molecule has 3 heteroatoms. The maximum Gasteiger partial charge on any atom is 0.0699 e. The van der Waals surface area contributed by atoms with E-state index in [4.69, 9.17) is 0 Å². The van der Waals surface area contributed by atoms with E-state index < -0.39 is 0 Å². The van der Waals surface area contributed by atoms with E-state index >= 15 is 0 Å². The fourth-order valence-electron chi connectivity index (χ4n) is 3.20. The third kappa shape index (κ3) is 3.20. The summed E-state index contributed by atoms with van der Waals surface area (Å²) >= 11 is 1.94. The fourth-order valence-corrected chi connectivity index (χ4v) is 4.23. The summed E-state index contributed by atoms with van der Waals surface area (Å²) in [6, 6.07) is 11.9. The molecule has 0 spiro atoms. The lowest BCUT2D eigenvalue weighted by molar-refractivity contribution is 0.200. The second-order valence-corrected chi connectivity index (χ2v) is 7.32. The molecule has 1 fully saturated rings. The first-order chi connectivity index (χ1) is 10.1. The summed E-state index contributed by atoms with van der Waals surface area (Å²) in [5.41, 5.74) is 4.21. The summed E-state index contributed by atoms with van der Waals surface area (Å²) in [5.74, 6) is 0. The van der Waals surface area contributed by atoms with Crippen LogP contribution >= 0.6 is 11.3 Å². The normalized spacial score (nSPS) is 17.9. The topological polar surface area (TPSA) is 15.3 Å². The maximum absolute atomic E-state index is 3.46. The van der Waals surface area contributed by atoms with Crippen molar-refractivity contribution < 1.29 is 0 Å². The fraction of sp³-hybridized carbons (Fsp3) is 0.444. The van der Waals surface area contributed by atoms with Crippen molar-refractivity contribution in [2.24, 2.45) is 0 Å². The van der Waals surface area contributed by atoms with Gasteiger partial charge in [0.05, 0.1) is 6.04 Å². The average Bonchev–Trinajstić information content (AvgIpc) is 2.89. The number of hydrogen-bond donors (Lipinski definition) is 1. The zero-order valence-electron chi connectivity index (χ0n) is 13.1. The molecule has 0 amide bonds. The molecule has 0 bridgehead atoms. The second kappa shape index (κ2) is 6.30. The first-order valence-corrected chi connectivity index (χ1v) is 8.55. The van der Waals surface area contributed by atoms with Crippen molar-refractivity contribution >= 4 is 11.3 Å². The van der Waals surface area contributed by atoms with Gasteiger partial charge in [0.25, 0.3) is 0 Å². The van der Waals surface area contributed by atoms with Crippen LogP contribution in [-0.4, -0.2) is 31.1 Å². The summed E-state index contributed by atoms with van der Waals surface area (Å²) < 4.78 is 0. The highest BCUT2D eigenvalue weighted by molar-refractivity contribution is 7.12. The molecular formula is C18H24N2S. The predicted octanol–water partition coefficient (Wildman–Crippen LogP) is 3.67. The van der Waals surface area contributed by atoms with Gasteiger partial charge in [-0.3, -0.25) is 4.90 Å². The van der Waals surface area contributed by atoms with Crippen molar-refractivity contribution in [2.75, 3.05) is 26.2 Å². The largest absolute Gasteiger partial charge is 0.314 e. The summed E-state index contributed by atoms with van der Waals surface area (Å²) in [5, 5.41) is 3.46. The number of aryl methyl sites for hydroxylation is 3. The molecule has 0 aliphatic carbocycles. The Morgan fingerprint density at radius 2 is 1.81 bits per heavy atom. The lowest BCUT2D eigenvalue weighted by Gasteiger charge is -2.35. The third-order valence-corrected chi connectivity index (χ3v) is 5.32. The first kappa shape index (κ1) is 14.8. The summed E-state index contributed by atoms with van der Waals surface area (Å²) in [6.45, 7) is 11.0. The van der Waals surface area contributed by atoms with Gasteiger partial charge < -0.3 is 5.32 Å². The van der Waals surface area contributed by atoms with Crippen LogP contribution in [0.4, 0.5) is 0 Å². The van der Waals surface area contributed by atoms with Crippen LogP contribution in [0.5, 0.6) is 0 Å². The second-order valence-electron chi connectivity index (χ2n) is 6.00. The van der Waals surface area contributed by atoms with E-state index in [1.165, 1.54) is 26.4 Å². The first-order valence-electron chi connectivity index (χ1n) is 7.73. The van der Waals surface area contributed by atoms with Crippen molar-refractivity contribution in [1.82, 2.24) is 10.2 Å². The summed E-state index contributed by atoms with van der Waals surface area (Å²) in [4.78, 5) is 5.50. The minimum Gasteiger partial charge on any atom is -0.314 e. The molecule has 1 aromatic heterocycles. The van der Waals surface area contributed by atoms with Crippen LogP contribution in [0.3, 0.4) is 0 Å². The van der Waals surface area contributed by atoms with E-state index in [1.807, 2.05) is 11.3 Å². The van der Waals surface area contributed by atoms with Crippen LogP contribution in [0.25, 0.3) is 0 Å². The van der Waals surface area contributed by atoms with E-state index in [0.29, 0.717) is 6.04 Å². The Morgan fingerprint density at radius 1 is 1.05 bits per heavy atom. The van der Waals surface area contributed by atoms with Gasteiger partial charge in [-0.2, -0.15) is 0 Å². The third-order valence-electron chi connectivity index (χ3n) is 4.27. The Hall–Kier alpha value is -1.16. The number of piperazine rings is 1. The number of nitrogens with one attached hydrogen (secondary N) is 1. The Morgan fingerprint density at radius 3 is 2.43 bits per heavy atom. The quantitative estimate of drug-likeness (QED) is 0.930. The molecule has 0 radical (unpaired) electrons. The molecule has 1 aromatic carbocycles. The highest BCUT2D eigenvalue weighted by Crippen LogP contribution is 2.35. The molecular weight excluding hydrogens is 276 g/mol. The molecule has 21 heavy (non-hydrogen) atoms. The molecule has 2 heterocycles. The average molecular weight is 300 g/mol. The zero-order valence-corrected chi connectivity index (χ0v) is 14.0. The minimum absolute atomic E-state index is 0.409. The molecule has 2 aromatic rings. The smallest absolute Gasteiger partial charge is 0.0699 e.